The highest BCUT2D eigenvalue weighted by Gasteiger charge is 2.54. The first-order chi connectivity index (χ1) is 19.4. The van der Waals surface area contributed by atoms with Gasteiger partial charge in [-0.25, -0.2) is 0 Å². The molecule has 7 rings (SSSR count). The van der Waals surface area contributed by atoms with Crippen LogP contribution >= 0.6 is 0 Å². The Kier molecular flexibility index (Phi) is 5.84. The van der Waals surface area contributed by atoms with Crippen LogP contribution in [0.4, 0.5) is 22.7 Å². The fourth-order valence-electron chi connectivity index (χ4n) is 6.07. The molecule has 3 heteroatoms. The molecule has 0 saturated carbocycles. The summed E-state index contributed by atoms with van der Waals surface area (Å²) in [5.74, 6) is 0. The minimum atomic E-state index is -3.06. The molecule has 0 N–H and O–H groups in total. The Morgan fingerprint density at radius 3 is 1.00 bits per heavy atom. The third kappa shape index (κ3) is 3.70. The third-order valence-electron chi connectivity index (χ3n) is 7.61. The van der Waals surface area contributed by atoms with E-state index >= 15 is 0 Å². The first-order valence-corrected chi connectivity index (χ1v) is 15.3. The first-order valence-electron chi connectivity index (χ1n) is 13.4. The molecule has 186 valence electrons. The van der Waals surface area contributed by atoms with Gasteiger partial charge >= 0.3 is 8.40 Å². The van der Waals surface area contributed by atoms with Crippen molar-refractivity contribution in [3.05, 3.63) is 170 Å². The zero-order valence-electron chi connectivity index (χ0n) is 21.6. The maximum absolute atomic E-state index is 3.06. The van der Waals surface area contributed by atoms with Crippen LogP contribution in [0.2, 0.25) is 0 Å². The number of hydrogen-bond acceptors (Lipinski definition) is 2. The topological polar surface area (TPSA) is 6.48 Å². The van der Waals surface area contributed by atoms with Gasteiger partial charge in [-0.05, 0) is 46.8 Å². The molecule has 39 heavy (non-hydrogen) atoms. The van der Waals surface area contributed by atoms with Crippen LogP contribution < -0.4 is 19.5 Å². The molecule has 0 spiro atoms. The zero-order valence-corrected chi connectivity index (χ0v) is 22.6. The molecule has 1 heterocycles. The Hall–Kier alpha value is -4.86. The molecule has 0 saturated heterocycles. The molecule has 0 aliphatic carbocycles. The van der Waals surface area contributed by atoms with E-state index in [4.69, 9.17) is 0 Å². The number of fused-ring (bicyclic) bond motifs is 3. The van der Waals surface area contributed by atoms with Crippen molar-refractivity contribution in [1.82, 2.24) is 0 Å². The van der Waals surface area contributed by atoms with Gasteiger partial charge in [0.2, 0.25) is 0 Å². The molecule has 6 aromatic rings. The summed E-state index contributed by atoms with van der Waals surface area (Å²) in [5.41, 5.74) is 7.26. The van der Waals surface area contributed by atoms with Crippen molar-refractivity contribution in [2.45, 2.75) is 0 Å². The summed E-state index contributed by atoms with van der Waals surface area (Å²) in [7, 11) is -3.06. The fraction of sp³-hybridized carbons (Fsp3) is 0. The van der Waals surface area contributed by atoms with Gasteiger partial charge in [-0.3, -0.25) is 0 Å². The summed E-state index contributed by atoms with van der Waals surface area (Å²) in [4.78, 5) is 0. The second-order valence-electron chi connectivity index (χ2n) is 9.78. The lowest BCUT2D eigenvalue weighted by atomic mass is 10.0. The molecule has 0 radical (unpaired) electrons. The Labute approximate surface area is 231 Å². The standard InChI is InChI=1S/C36H28N2Si/c1-5-17-29(18-6-1)37-35-27-15-13-25-33(35)34-26-14-16-28-36(34)38(30-19-7-2-8-20-30)39(37,31-21-9-3-10-22-31)32-23-11-4-12-24-32/h1-28H. The van der Waals surface area contributed by atoms with Gasteiger partial charge in [0.15, 0.2) is 0 Å². The highest BCUT2D eigenvalue weighted by Crippen LogP contribution is 2.49. The number of hydrogen-bond donors (Lipinski definition) is 0. The minimum Gasteiger partial charge on any atom is -0.343 e. The molecule has 0 fully saturated rings. The summed E-state index contributed by atoms with van der Waals surface area (Å²) in [6.45, 7) is 0. The van der Waals surface area contributed by atoms with Gasteiger partial charge in [0.1, 0.15) is 0 Å². The molecule has 1 aliphatic heterocycles. The van der Waals surface area contributed by atoms with Crippen molar-refractivity contribution in [3.8, 4) is 11.1 Å². The van der Waals surface area contributed by atoms with E-state index in [1.54, 1.807) is 0 Å². The van der Waals surface area contributed by atoms with Gasteiger partial charge in [0, 0.05) is 33.9 Å². The Balaban J connectivity index is 1.74. The smallest absolute Gasteiger partial charge is 0.340 e. The predicted octanol–water partition coefficient (Wildman–Crippen LogP) is 7.90. The van der Waals surface area contributed by atoms with Gasteiger partial charge in [0.05, 0.1) is 0 Å². The van der Waals surface area contributed by atoms with E-state index in [1.165, 1.54) is 44.2 Å². The lowest BCUT2D eigenvalue weighted by Crippen LogP contribution is -2.78. The van der Waals surface area contributed by atoms with Gasteiger partial charge < -0.3 is 9.13 Å². The third-order valence-corrected chi connectivity index (χ3v) is 12.2. The molecule has 0 bridgehead atoms. The van der Waals surface area contributed by atoms with E-state index in [9.17, 15) is 0 Å². The maximum Gasteiger partial charge on any atom is 0.340 e. The van der Waals surface area contributed by atoms with Crippen LogP contribution in [0.3, 0.4) is 0 Å². The van der Waals surface area contributed by atoms with Crippen LogP contribution in [0.5, 0.6) is 0 Å². The Morgan fingerprint density at radius 2 is 0.615 bits per heavy atom. The highest BCUT2D eigenvalue weighted by molar-refractivity contribution is 7.09. The highest BCUT2D eigenvalue weighted by atomic mass is 28.3. The molecule has 0 amide bonds. The number of anilines is 4. The van der Waals surface area contributed by atoms with Crippen molar-refractivity contribution < 1.29 is 0 Å². The summed E-state index contributed by atoms with van der Waals surface area (Å²) in [6, 6.07) is 61.9. The van der Waals surface area contributed by atoms with Crippen molar-refractivity contribution >= 4 is 41.5 Å². The number of para-hydroxylation sites is 4. The monoisotopic (exact) mass is 516 g/mol. The van der Waals surface area contributed by atoms with Crippen molar-refractivity contribution in [3.63, 3.8) is 0 Å². The molecular formula is C36H28N2Si. The minimum absolute atomic E-state index is 1.18. The summed E-state index contributed by atoms with van der Waals surface area (Å²) in [6.07, 6.45) is 0. The molecule has 0 unspecified atom stereocenters. The van der Waals surface area contributed by atoms with E-state index in [1.807, 2.05) is 0 Å². The fourth-order valence-corrected chi connectivity index (χ4v) is 11.1. The summed E-state index contributed by atoms with van der Waals surface area (Å²) in [5, 5.41) is 2.63. The molecule has 1 aliphatic rings. The zero-order chi connectivity index (χ0) is 26.1. The van der Waals surface area contributed by atoms with Gasteiger partial charge in [-0.15, -0.1) is 0 Å². The lowest BCUT2D eigenvalue weighted by Gasteiger charge is -2.50. The summed E-state index contributed by atoms with van der Waals surface area (Å²) < 4.78 is 5.33. The van der Waals surface area contributed by atoms with E-state index in [0.29, 0.717) is 0 Å². The normalized spacial score (nSPS) is 13.7. The van der Waals surface area contributed by atoms with Gasteiger partial charge in [0.25, 0.3) is 0 Å². The first kappa shape index (κ1) is 23.3. The lowest BCUT2D eigenvalue weighted by molar-refractivity contribution is 1.27. The van der Waals surface area contributed by atoms with Crippen LogP contribution in [0.1, 0.15) is 0 Å². The Morgan fingerprint density at radius 1 is 0.308 bits per heavy atom. The number of nitrogens with zero attached hydrogens (tertiary/aromatic N) is 2. The Bertz CT molecular complexity index is 1570. The average molecular weight is 517 g/mol. The van der Waals surface area contributed by atoms with E-state index in [2.05, 4.69) is 179 Å². The van der Waals surface area contributed by atoms with Crippen LogP contribution in [0, 0.1) is 0 Å². The van der Waals surface area contributed by atoms with Crippen LogP contribution in [-0.4, -0.2) is 8.40 Å². The van der Waals surface area contributed by atoms with Crippen LogP contribution in [0.25, 0.3) is 11.1 Å². The number of benzene rings is 6. The quantitative estimate of drug-likeness (QED) is 0.220. The van der Waals surface area contributed by atoms with E-state index in [-0.39, 0.29) is 0 Å². The van der Waals surface area contributed by atoms with Crippen LogP contribution in [0.15, 0.2) is 170 Å². The SMILES string of the molecule is c1ccc(N2c3ccccc3-c3ccccc3N(c3ccccc3)[Si]2(c2ccccc2)c2ccccc2)cc1. The maximum atomic E-state index is 2.67. The largest absolute Gasteiger partial charge is 0.343 e. The van der Waals surface area contributed by atoms with E-state index < -0.39 is 8.40 Å². The van der Waals surface area contributed by atoms with Crippen molar-refractivity contribution in [2.75, 3.05) is 9.13 Å². The predicted molar refractivity (Wildman–Crippen MR) is 167 cm³/mol. The molecule has 0 atom stereocenters. The van der Waals surface area contributed by atoms with Crippen molar-refractivity contribution in [2.24, 2.45) is 0 Å². The molecule has 2 nitrogen and oxygen atoms in total. The van der Waals surface area contributed by atoms with Gasteiger partial charge in [-0.2, -0.15) is 0 Å². The molecule has 0 aromatic heterocycles. The average Bonchev–Trinajstić information content (AvgIpc) is 3.14. The molecule has 6 aromatic carbocycles. The van der Waals surface area contributed by atoms with E-state index in [0.717, 1.165) is 0 Å². The van der Waals surface area contributed by atoms with Crippen LogP contribution in [-0.2, 0) is 0 Å². The summed E-state index contributed by atoms with van der Waals surface area (Å²) >= 11 is 0. The second kappa shape index (κ2) is 9.79. The number of rotatable bonds is 4. The second-order valence-corrected chi connectivity index (χ2v) is 13.2. The van der Waals surface area contributed by atoms with Crippen molar-refractivity contribution in [1.29, 1.82) is 0 Å². The molecular weight excluding hydrogens is 488 g/mol. The van der Waals surface area contributed by atoms with Gasteiger partial charge in [-0.1, -0.05) is 133 Å².